The number of alkyl halides is 6. The molecule has 0 saturated heterocycles. The normalized spacial score (nSPS) is 12.8. The van der Waals surface area contributed by atoms with Crippen molar-refractivity contribution in [3.63, 3.8) is 0 Å². The van der Waals surface area contributed by atoms with Crippen LogP contribution >= 0.6 is 69.6 Å². The lowest BCUT2D eigenvalue weighted by atomic mass is 10.2. The lowest BCUT2D eigenvalue weighted by Gasteiger charge is -2.14. The summed E-state index contributed by atoms with van der Waals surface area (Å²) in [5.41, 5.74) is 0.939. The molecule has 3 nitrogen and oxygen atoms in total. The fourth-order valence-corrected chi connectivity index (χ4v) is 1.96. The topological polar surface area (TPSA) is 38.7 Å². The summed E-state index contributed by atoms with van der Waals surface area (Å²) in [5, 5.41) is 0. The van der Waals surface area contributed by atoms with Gasteiger partial charge in [0.2, 0.25) is 7.59 Å². The minimum Gasteiger partial charge on any atom is -0.209 e. The van der Waals surface area contributed by atoms with Gasteiger partial charge >= 0.3 is 0 Å². The first-order valence-corrected chi connectivity index (χ1v) is 8.06. The number of nitrogens with zero attached hydrogens (tertiary/aromatic N) is 3. The third-order valence-corrected chi connectivity index (χ3v) is 3.40. The van der Waals surface area contributed by atoms with Crippen LogP contribution in [-0.4, -0.2) is 15.0 Å². The maximum atomic E-state index is 5.79. The number of hydrogen-bond acceptors (Lipinski definition) is 3. The fraction of sp³-hybridized carbons (Fsp3) is 0.154. The second-order valence-electron chi connectivity index (χ2n) is 4.08. The Morgan fingerprint density at radius 1 is 0.682 bits per heavy atom. The molecule has 0 aliphatic rings. The van der Waals surface area contributed by atoms with E-state index in [0.29, 0.717) is 0 Å². The van der Waals surface area contributed by atoms with Crippen LogP contribution in [0.2, 0.25) is 0 Å². The molecule has 2 aromatic rings. The molecule has 0 spiro atoms. The first-order valence-electron chi connectivity index (χ1n) is 5.80. The van der Waals surface area contributed by atoms with Crippen molar-refractivity contribution in [2.45, 2.75) is 7.59 Å². The average molecular weight is 418 g/mol. The van der Waals surface area contributed by atoms with Crippen LogP contribution in [0.5, 0.6) is 0 Å². The highest BCUT2D eigenvalue weighted by Gasteiger charge is 2.33. The molecule has 1 heterocycles. The zero-order chi connectivity index (χ0) is 16.4. The van der Waals surface area contributed by atoms with Crippen LogP contribution < -0.4 is 0 Å². The summed E-state index contributed by atoms with van der Waals surface area (Å²) in [6, 6.07) is 9.51. The smallest absolute Gasteiger partial charge is 0.209 e. The molecule has 0 N–H and O–H groups in total. The van der Waals surface area contributed by atoms with Crippen molar-refractivity contribution < 1.29 is 0 Å². The summed E-state index contributed by atoms with van der Waals surface area (Å²) in [6.45, 7) is 0. The maximum absolute atomic E-state index is 5.79. The van der Waals surface area contributed by atoms with Crippen molar-refractivity contribution in [3.8, 4) is 0 Å². The molecule has 0 saturated carbocycles. The van der Waals surface area contributed by atoms with E-state index < -0.39 is 7.59 Å². The first kappa shape index (κ1) is 18.1. The highest BCUT2D eigenvalue weighted by molar-refractivity contribution is 6.67. The molecule has 0 atom stereocenters. The Bertz CT molecular complexity index is 644. The minimum absolute atomic E-state index is 0.124. The third kappa shape index (κ3) is 5.12. The molecule has 0 radical (unpaired) electrons. The molecule has 0 aliphatic heterocycles. The van der Waals surface area contributed by atoms with Crippen LogP contribution in [-0.2, 0) is 7.59 Å². The molecule has 9 heteroatoms. The third-order valence-electron chi connectivity index (χ3n) is 2.38. The Morgan fingerprint density at radius 2 is 1.18 bits per heavy atom. The number of rotatable bonds is 2. The summed E-state index contributed by atoms with van der Waals surface area (Å²) in [6.07, 6.45) is 3.39. The van der Waals surface area contributed by atoms with Gasteiger partial charge in [-0.05, 0) is 11.6 Å². The second-order valence-corrected chi connectivity index (χ2v) is 8.64. The standard InChI is InChI=1S/C13H7Cl6N3/c14-12(15,16)10-20-9(21-11(22-10)13(17,18)19)7-6-8-4-2-1-3-5-8/h1-7H/b7-6-. The van der Waals surface area contributed by atoms with Gasteiger partial charge in [-0.25, -0.2) is 15.0 Å². The molecule has 1 aromatic carbocycles. The van der Waals surface area contributed by atoms with Crippen molar-refractivity contribution in [2.75, 3.05) is 0 Å². The number of hydrogen-bond donors (Lipinski definition) is 0. The molecule has 2 rings (SSSR count). The lowest BCUT2D eigenvalue weighted by Crippen LogP contribution is -2.16. The van der Waals surface area contributed by atoms with E-state index in [2.05, 4.69) is 15.0 Å². The number of benzene rings is 1. The molecule has 0 fully saturated rings. The Labute approximate surface area is 157 Å². The van der Waals surface area contributed by atoms with Crippen molar-refractivity contribution in [2.24, 2.45) is 0 Å². The summed E-state index contributed by atoms with van der Waals surface area (Å²) < 4.78 is -3.72. The molecular formula is C13H7Cl6N3. The van der Waals surface area contributed by atoms with E-state index in [9.17, 15) is 0 Å². The van der Waals surface area contributed by atoms with E-state index in [-0.39, 0.29) is 17.5 Å². The molecule has 1 aromatic heterocycles. The predicted molar refractivity (Wildman–Crippen MR) is 93.7 cm³/mol. The molecule has 0 unspecified atom stereocenters. The first-order chi connectivity index (χ1) is 10.2. The fourth-order valence-electron chi connectivity index (χ4n) is 1.46. The van der Waals surface area contributed by atoms with Gasteiger partial charge in [-0.2, -0.15) is 0 Å². The van der Waals surface area contributed by atoms with Gasteiger partial charge in [-0.1, -0.05) is 106 Å². The van der Waals surface area contributed by atoms with Gasteiger partial charge in [0.05, 0.1) is 0 Å². The van der Waals surface area contributed by atoms with E-state index in [4.69, 9.17) is 69.6 Å². The Kier molecular flexibility index (Phi) is 5.81. The van der Waals surface area contributed by atoms with E-state index in [1.165, 1.54) is 0 Å². The SMILES string of the molecule is ClC(Cl)(Cl)c1nc(/C=C\c2ccccc2)nc(C(Cl)(Cl)Cl)n1. The zero-order valence-corrected chi connectivity index (χ0v) is 15.2. The highest BCUT2D eigenvalue weighted by atomic mass is 35.6. The molecular weight excluding hydrogens is 411 g/mol. The van der Waals surface area contributed by atoms with Crippen LogP contribution in [0.3, 0.4) is 0 Å². The Hall–Kier alpha value is -0.290. The lowest BCUT2D eigenvalue weighted by molar-refractivity contribution is 0.835. The quantitative estimate of drug-likeness (QED) is 0.588. The predicted octanol–water partition coefficient (Wildman–Crippen LogP) is 5.70. The van der Waals surface area contributed by atoms with E-state index in [1.54, 1.807) is 12.2 Å². The summed E-state index contributed by atoms with van der Waals surface area (Å²) in [4.78, 5) is 12.0. The molecule has 22 heavy (non-hydrogen) atoms. The summed E-state index contributed by atoms with van der Waals surface area (Å²) in [5.74, 6) is -0.0374. The Balaban J connectivity index is 2.45. The highest BCUT2D eigenvalue weighted by Crippen LogP contribution is 2.39. The van der Waals surface area contributed by atoms with Gasteiger partial charge in [-0.3, -0.25) is 0 Å². The number of halogens is 6. The largest absolute Gasteiger partial charge is 0.250 e. The monoisotopic (exact) mass is 415 g/mol. The molecule has 116 valence electrons. The van der Waals surface area contributed by atoms with Crippen molar-refractivity contribution in [3.05, 3.63) is 53.4 Å². The zero-order valence-electron chi connectivity index (χ0n) is 10.7. The Morgan fingerprint density at radius 3 is 1.64 bits per heavy atom. The minimum atomic E-state index is -1.86. The van der Waals surface area contributed by atoms with Crippen LogP contribution in [0.25, 0.3) is 12.2 Å². The van der Waals surface area contributed by atoms with Crippen molar-refractivity contribution in [1.82, 2.24) is 15.0 Å². The molecule has 0 bridgehead atoms. The van der Waals surface area contributed by atoms with Crippen LogP contribution in [0.1, 0.15) is 23.0 Å². The van der Waals surface area contributed by atoms with Crippen molar-refractivity contribution in [1.29, 1.82) is 0 Å². The number of aromatic nitrogens is 3. The van der Waals surface area contributed by atoms with Gasteiger partial charge in [0, 0.05) is 0 Å². The van der Waals surface area contributed by atoms with E-state index in [0.717, 1.165) is 5.56 Å². The van der Waals surface area contributed by atoms with Crippen LogP contribution in [0.4, 0.5) is 0 Å². The van der Waals surface area contributed by atoms with Gasteiger partial charge in [0.15, 0.2) is 17.5 Å². The van der Waals surface area contributed by atoms with E-state index in [1.807, 2.05) is 30.3 Å². The van der Waals surface area contributed by atoms with Crippen LogP contribution in [0, 0.1) is 0 Å². The molecule has 0 amide bonds. The molecule has 0 aliphatic carbocycles. The second kappa shape index (κ2) is 7.08. The average Bonchev–Trinajstić information content (AvgIpc) is 2.44. The van der Waals surface area contributed by atoms with Crippen LogP contribution in [0.15, 0.2) is 30.3 Å². The summed E-state index contributed by atoms with van der Waals surface area (Å²) in [7, 11) is 0. The van der Waals surface area contributed by atoms with Crippen molar-refractivity contribution >= 4 is 81.8 Å². The van der Waals surface area contributed by atoms with Gasteiger partial charge in [-0.15, -0.1) is 0 Å². The van der Waals surface area contributed by atoms with Gasteiger partial charge in [0.1, 0.15) is 0 Å². The maximum Gasteiger partial charge on any atom is 0.250 e. The van der Waals surface area contributed by atoms with Gasteiger partial charge < -0.3 is 0 Å². The van der Waals surface area contributed by atoms with Gasteiger partial charge in [0.25, 0.3) is 0 Å². The summed E-state index contributed by atoms with van der Waals surface area (Å²) >= 11 is 34.8. The van der Waals surface area contributed by atoms with E-state index >= 15 is 0 Å².